The topological polar surface area (TPSA) is 0 Å². The minimum absolute atomic E-state index is 0.390. The molecule has 0 saturated heterocycles. The second-order valence-electron chi connectivity index (χ2n) is 7.79. The molecule has 0 bridgehead atoms. The second-order valence-corrected chi connectivity index (χ2v) is 7.79. The van der Waals surface area contributed by atoms with E-state index in [2.05, 4.69) is 45.0 Å². The third-order valence-corrected chi connectivity index (χ3v) is 5.50. The van der Waals surface area contributed by atoms with Gasteiger partial charge < -0.3 is 0 Å². The molecule has 2 aliphatic rings. The van der Waals surface area contributed by atoms with Crippen LogP contribution in [0.15, 0.2) is 24.3 Å². The summed E-state index contributed by atoms with van der Waals surface area (Å²) < 4.78 is 0. The highest BCUT2D eigenvalue weighted by Gasteiger charge is 2.41. The summed E-state index contributed by atoms with van der Waals surface area (Å²) in [5.41, 5.74) is 3.70. The summed E-state index contributed by atoms with van der Waals surface area (Å²) in [5.74, 6) is 2.67. The van der Waals surface area contributed by atoms with E-state index < -0.39 is 0 Å². The average Bonchev–Trinajstić information content (AvgIpc) is 2.54. The van der Waals surface area contributed by atoms with Gasteiger partial charge in [0.15, 0.2) is 0 Å². The molecule has 0 heterocycles. The lowest BCUT2D eigenvalue weighted by Gasteiger charge is -2.42. The molecular formula is C19H28. The van der Waals surface area contributed by atoms with E-state index in [0.717, 1.165) is 17.8 Å². The van der Waals surface area contributed by atoms with Crippen LogP contribution in [-0.2, 0) is 6.42 Å². The number of benzene rings is 1. The Morgan fingerprint density at radius 1 is 0.947 bits per heavy atom. The fourth-order valence-corrected chi connectivity index (χ4v) is 4.78. The molecule has 3 unspecified atom stereocenters. The molecular weight excluding hydrogens is 228 g/mol. The maximum absolute atomic E-state index is 2.45. The van der Waals surface area contributed by atoms with Crippen molar-refractivity contribution in [2.45, 2.75) is 65.2 Å². The highest BCUT2D eigenvalue weighted by Crippen LogP contribution is 2.52. The molecule has 0 nitrogen and oxygen atoms in total. The monoisotopic (exact) mass is 256 g/mol. The van der Waals surface area contributed by atoms with Crippen molar-refractivity contribution in [1.29, 1.82) is 0 Å². The first-order valence-corrected chi connectivity index (χ1v) is 8.15. The fourth-order valence-electron chi connectivity index (χ4n) is 4.78. The Bertz CT molecular complexity index is 438. The summed E-state index contributed by atoms with van der Waals surface area (Å²) in [6.07, 6.45) is 8.59. The van der Waals surface area contributed by atoms with Crippen molar-refractivity contribution < 1.29 is 0 Å². The molecule has 3 rings (SSSR count). The van der Waals surface area contributed by atoms with E-state index in [1.807, 2.05) is 0 Å². The van der Waals surface area contributed by atoms with Crippen LogP contribution < -0.4 is 0 Å². The van der Waals surface area contributed by atoms with Crippen molar-refractivity contribution in [2.75, 3.05) is 0 Å². The van der Waals surface area contributed by atoms with Crippen LogP contribution in [0.25, 0.3) is 0 Å². The van der Waals surface area contributed by atoms with Gasteiger partial charge in [-0.1, -0.05) is 64.3 Å². The zero-order valence-electron chi connectivity index (χ0n) is 12.8. The Hall–Kier alpha value is -0.780. The molecule has 1 aromatic rings. The molecule has 1 aromatic carbocycles. The minimum atomic E-state index is 0.390. The van der Waals surface area contributed by atoms with E-state index in [0.29, 0.717) is 5.41 Å². The zero-order chi connectivity index (χ0) is 13.5. The van der Waals surface area contributed by atoms with Crippen LogP contribution in [0.5, 0.6) is 0 Å². The van der Waals surface area contributed by atoms with E-state index in [4.69, 9.17) is 0 Å². The van der Waals surface area contributed by atoms with Crippen molar-refractivity contribution in [3.05, 3.63) is 35.4 Å². The van der Waals surface area contributed by atoms with Crippen molar-refractivity contribution in [3.63, 3.8) is 0 Å². The van der Waals surface area contributed by atoms with Crippen LogP contribution in [-0.4, -0.2) is 0 Å². The Balaban J connectivity index is 2.07. The van der Waals surface area contributed by atoms with Gasteiger partial charge in [0.25, 0.3) is 0 Å². The van der Waals surface area contributed by atoms with Gasteiger partial charge in [-0.05, 0) is 53.6 Å². The van der Waals surface area contributed by atoms with Crippen LogP contribution in [0.3, 0.4) is 0 Å². The molecule has 0 aromatic heterocycles. The number of rotatable bonds is 0. The molecule has 0 heteroatoms. The lowest BCUT2D eigenvalue weighted by atomic mass is 9.62. The molecule has 1 saturated carbocycles. The van der Waals surface area contributed by atoms with Crippen molar-refractivity contribution >= 4 is 0 Å². The number of hydrogen-bond donors (Lipinski definition) is 0. The highest BCUT2D eigenvalue weighted by molar-refractivity contribution is 5.34. The fraction of sp³-hybridized carbons (Fsp3) is 0.684. The van der Waals surface area contributed by atoms with Gasteiger partial charge in [0.05, 0.1) is 0 Å². The molecule has 1 fully saturated rings. The maximum Gasteiger partial charge on any atom is -0.00795 e. The molecule has 3 atom stereocenters. The number of aryl methyl sites for hydroxylation is 1. The molecule has 0 amide bonds. The highest BCUT2D eigenvalue weighted by atomic mass is 14.5. The summed E-state index contributed by atoms with van der Waals surface area (Å²) in [5, 5.41) is 0. The van der Waals surface area contributed by atoms with Gasteiger partial charge in [-0.3, -0.25) is 0 Å². The van der Waals surface area contributed by atoms with E-state index in [-0.39, 0.29) is 0 Å². The van der Waals surface area contributed by atoms with Gasteiger partial charge in [0.2, 0.25) is 0 Å². The molecule has 0 N–H and O–H groups in total. The smallest absolute Gasteiger partial charge is 0.00795 e. The largest absolute Gasteiger partial charge is 0.0620 e. The molecule has 104 valence electrons. The van der Waals surface area contributed by atoms with Crippen LogP contribution in [0.1, 0.15) is 69.9 Å². The van der Waals surface area contributed by atoms with Crippen molar-refractivity contribution in [2.24, 2.45) is 17.3 Å². The standard InChI is InChI=1S/C19H28/c1-19(2,3)18-16-10-6-4-8-14(16)12-13-15-9-5-7-11-17(15)18/h4,6,8,10,15,17-18H,5,7,9,11-13H2,1-3H3. The van der Waals surface area contributed by atoms with E-state index >= 15 is 0 Å². The minimum Gasteiger partial charge on any atom is -0.0620 e. The zero-order valence-corrected chi connectivity index (χ0v) is 12.8. The summed E-state index contributed by atoms with van der Waals surface area (Å²) in [6, 6.07) is 9.28. The first-order valence-electron chi connectivity index (χ1n) is 8.15. The van der Waals surface area contributed by atoms with E-state index in [1.54, 1.807) is 11.1 Å². The van der Waals surface area contributed by atoms with Gasteiger partial charge in [-0.2, -0.15) is 0 Å². The third-order valence-electron chi connectivity index (χ3n) is 5.50. The van der Waals surface area contributed by atoms with E-state index in [9.17, 15) is 0 Å². The normalized spacial score (nSPS) is 31.2. The van der Waals surface area contributed by atoms with Crippen LogP contribution in [0.4, 0.5) is 0 Å². The van der Waals surface area contributed by atoms with Crippen LogP contribution in [0.2, 0.25) is 0 Å². The van der Waals surface area contributed by atoms with Gasteiger partial charge in [-0.25, -0.2) is 0 Å². The van der Waals surface area contributed by atoms with Gasteiger partial charge in [-0.15, -0.1) is 0 Å². The molecule has 0 radical (unpaired) electrons. The van der Waals surface area contributed by atoms with E-state index in [1.165, 1.54) is 38.5 Å². The Labute approximate surface area is 118 Å². The maximum atomic E-state index is 2.45. The average molecular weight is 256 g/mol. The number of fused-ring (bicyclic) bond motifs is 2. The summed E-state index contributed by atoms with van der Waals surface area (Å²) >= 11 is 0. The SMILES string of the molecule is CC(C)(C)C1c2ccccc2CCC2CCCCC21. The third kappa shape index (κ3) is 2.47. The van der Waals surface area contributed by atoms with Gasteiger partial charge in [0, 0.05) is 0 Å². The number of hydrogen-bond acceptors (Lipinski definition) is 0. The molecule has 2 aliphatic carbocycles. The molecule has 0 spiro atoms. The predicted octanol–water partition coefficient (Wildman–Crippen LogP) is 5.57. The Morgan fingerprint density at radius 3 is 2.47 bits per heavy atom. The van der Waals surface area contributed by atoms with Crippen molar-refractivity contribution in [3.8, 4) is 0 Å². The molecule has 19 heavy (non-hydrogen) atoms. The summed E-state index contributed by atoms with van der Waals surface area (Å²) in [7, 11) is 0. The summed E-state index contributed by atoms with van der Waals surface area (Å²) in [6.45, 7) is 7.35. The van der Waals surface area contributed by atoms with Crippen molar-refractivity contribution in [1.82, 2.24) is 0 Å². The lowest BCUT2D eigenvalue weighted by molar-refractivity contribution is 0.131. The second kappa shape index (κ2) is 4.96. The Morgan fingerprint density at radius 2 is 1.68 bits per heavy atom. The predicted molar refractivity (Wildman–Crippen MR) is 82.4 cm³/mol. The quantitative estimate of drug-likeness (QED) is 0.569. The Kier molecular flexibility index (Phi) is 3.45. The molecule has 0 aliphatic heterocycles. The lowest BCUT2D eigenvalue weighted by Crippen LogP contribution is -2.32. The van der Waals surface area contributed by atoms with Gasteiger partial charge >= 0.3 is 0 Å². The van der Waals surface area contributed by atoms with Gasteiger partial charge in [0.1, 0.15) is 0 Å². The summed E-state index contributed by atoms with van der Waals surface area (Å²) in [4.78, 5) is 0. The van der Waals surface area contributed by atoms with Crippen LogP contribution >= 0.6 is 0 Å². The first-order chi connectivity index (χ1) is 9.07. The van der Waals surface area contributed by atoms with Crippen LogP contribution in [0, 0.1) is 17.3 Å². The first kappa shape index (κ1) is 13.2.